The third-order valence-corrected chi connectivity index (χ3v) is 3.83. The molecule has 0 radical (unpaired) electrons. The summed E-state index contributed by atoms with van der Waals surface area (Å²) in [4.78, 5) is 15.9. The molecule has 2 aromatic rings. The van der Waals surface area contributed by atoms with Gasteiger partial charge in [-0.25, -0.2) is 4.98 Å². The molecule has 6 heteroatoms. The number of rotatable bonds is 3. The maximum absolute atomic E-state index is 11.8. The lowest BCUT2D eigenvalue weighted by Gasteiger charge is -2.03. The van der Waals surface area contributed by atoms with E-state index in [4.69, 9.17) is 23.2 Å². The van der Waals surface area contributed by atoms with Crippen molar-refractivity contribution in [3.63, 3.8) is 0 Å². The van der Waals surface area contributed by atoms with Gasteiger partial charge in [-0.3, -0.25) is 4.79 Å². The maximum atomic E-state index is 11.8. The van der Waals surface area contributed by atoms with Crippen LogP contribution in [0.3, 0.4) is 0 Å². The van der Waals surface area contributed by atoms with Gasteiger partial charge in [-0.15, -0.1) is 11.3 Å². The molecule has 2 rings (SSSR count). The number of nitrogens with zero attached hydrogens (tertiary/aromatic N) is 1. The van der Waals surface area contributed by atoms with Crippen LogP contribution in [0, 0.1) is 6.92 Å². The summed E-state index contributed by atoms with van der Waals surface area (Å²) < 4.78 is 0. The zero-order valence-corrected chi connectivity index (χ0v) is 11.9. The van der Waals surface area contributed by atoms with Gasteiger partial charge in [0.25, 0.3) is 0 Å². The lowest BCUT2D eigenvalue weighted by molar-refractivity contribution is -0.115. The van der Waals surface area contributed by atoms with E-state index in [0.717, 1.165) is 11.3 Å². The first-order valence-electron chi connectivity index (χ1n) is 5.20. The van der Waals surface area contributed by atoms with Crippen molar-refractivity contribution >= 4 is 45.6 Å². The third-order valence-electron chi connectivity index (χ3n) is 2.21. The Kier molecular flexibility index (Phi) is 4.22. The molecule has 94 valence electrons. The summed E-state index contributed by atoms with van der Waals surface area (Å²) in [5.74, 6) is -0.122. The molecule has 1 amide bonds. The van der Waals surface area contributed by atoms with Gasteiger partial charge in [0, 0.05) is 5.38 Å². The highest BCUT2D eigenvalue weighted by Gasteiger charge is 2.08. The van der Waals surface area contributed by atoms with E-state index in [1.54, 1.807) is 18.2 Å². The van der Waals surface area contributed by atoms with Gasteiger partial charge in [0.05, 0.1) is 22.2 Å². The lowest BCUT2D eigenvalue weighted by Crippen LogP contribution is -2.14. The number of carbonyl (C=O) groups excluding carboxylic acids is 1. The van der Waals surface area contributed by atoms with Gasteiger partial charge in [-0.2, -0.15) is 0 Å². The molecular formula is C12H10Cl2N2OS. The first kappa shape index (κ1) is 13.3. The summed E-state index contributed by atoms with van der Waals surface area (Å²) in [6.07, 6.45) is 0.246. The quantitative estimate of drug-likeness (QED) is 0.933. The number of aromatic nitrogens is 1. The third kappa shape index (κ3) is 3.45. The van der Waals surface area contributed by atoms with Crippen LogP contribution in [0.1, 0.15) is 11.3 Å². The van der Waals surface area contributed by atoms with Crippen LogP contribution in [0.15, 0.2) is 23.6 Å². The normalized spacial score (nSPS) is 10.4. The second kappa shape index (κ2) is 5.69. The van der Waals surface area contributed by atoms with Crippen LogP contribution in [0.5, 0.6) is 0 Å². The Bertz CT molecular complexity index is 583. The fraction of sp³-hybridized carbons (Fsp3) is 0.167. The minimum absolute atomic E-state index is 0.122. The van der Waals surface area contributed by atoms with Crippen LogP contribution >= 0.6 is 34.5 Å². The minimum Gasteiger partial charge on any atom is -0.302 e. The van der Waals surface area contributed by atoms with Crippen molar-refractivity contribution in [2.24, 2.45) is 0 Å². The Hall–Kier alpha value is -1.10. The van der Waals surface area contributed by atoms with Crippen molar-refractivity contribution in [3.05, 3.63) is 44.9 Å². The number of benzene rings is 1. The van der Waals surface area contributed by atoms with Crippen LogP contribution in [-0.4, -0.2) is 10.9 Å². The van der Waals surface area contributed by atoms with E-state index in [0.29, 0.717) is 15.2 Å². The van der Waals surface area contributed by atoms with Crippen molar-refractivity contribution < 1.29 is 4.79 Å². The van der Waals surface area contributed by atoms with E-state index in [9.17, 15) is 4.79 Å². The fourth-order valence-corrected chi connectivity index (χ4v) is 2.43. The van der Waals surface area contributed by atoms with E-state index >= 15 is 0 Å². The first-order chi connectivity index (χ1) is 8.54. The zero-order valence-electron chi connectivity index (χ0n) is 9.54. The van der Waals surface area contributed by atoms with Crippen LogP contribution < -0.4 is 5.32 Å². The van der Waals surface area contributed by atoms with Crippen LogP contribution in [0.25, 0.3) is 0 Å². The Morgan fingerprint density at radius 3 is 2.78 bits per heavy atom. The number of aryl methyl sites for hydroxylation is 1. The molecule has 0 unspecified atom stereocenters. The average molecular weight is 301 g/mol. The molecule has 1 N–H and O–H groups in total. The Morgan fingerprint density at radius 2 is 2.17 bits per heavy atom. The number of nitrogens with one attached hydrogen (secondary N) is 1. The SMILES string of the molecule is Cc1csc(NC(=O)Cc2ccc(Cl)c(Cl)c2)n1. The van der Waals surface area contributed by atoms with Crippen LogP contribution in [0.2, 0.25) is 10.0 Å². The monoisotopic (exact) mass is 300 g/mol. The first-order valence-corrected chi connectivity index (χ1v) is 6.84. The van der Waals surface area contributed by atoms with Crippen molar-refractivity contribution in [2.75, 3.05) is 5.32 Å². The molecule has 0 bridgehead atoms. The van der Waals surface area contributed by atoms with Gasteiger partial charge in [0.2, 0.25) is 5.91 Å². The zero-order chi connectivity index (χ0) is 13.1. The molecule has 0 spiro atoms. The van der Waals surface area contributed by atoms with Crippen molar-refractivity contribution in [1.82, 2.24) is 4.98 Å². The van der Waals surface area contributed by atoms with Gasteiger partial charge < -0.3 is 5.32 Å². The largest absolute Gasteiger partial charge is 0.302 e. The molecule has 1 aromatic heterocycles. The van der Waals surface area contributed by atoms with E-state index in [2.05, 4.69) is 10.3 Å². The molecule has 0 aliphatic heterocycles. The molecule has 0 aliphatic rings. The summed E-state index contributed by atoms with van der Waals surface area (Å²) >= 11 is 13.1. The predicted molar refractivity (Wildman–Crippen MR) is 75.6 cm³/mol. The standard InChI is InChI=1S/C12H10Cl2N2OS/c1-7-6-18-12(15-7)16-11(17)5-8-2-3-9(13)10(14)4-8/h2-4,6H,5H2,1H3,(H,15,16,17). The van der Waals surface area contributed by atoms with Gasteiger partial charge in [0.15, 0.2) is 5.13 Å². The number of hydrogen-bond donors (Lipinski definition) is 1. The Labute approximate surface area is 119 Å². The van der Waals surface area contributed by atoms with Crippen LogP contribution in [-0.2, 0) is 11.2 Å². The van der Waals surface area contributed by atoms with Crippen molar-refractivity contribution in [2.45, 2.75) is 13.3 Å². The van der Waals surface area contributed by atoms with Crippen LogP contribution in [0.4, 0.5) is 5.13 Å². The van der Waals surface area contributed by atoms with Gasteiger partial charge in [0.1, 0.15) is 0 Å². The topological polar surface area (TPSA) is 42.0 Å². The molecular weight excluding hydrogens is 291 g/mol. The summed E-state index contributed by atoms with van der Waals surface area (Å²) in [5, 5.41) is 6.16. The van der Waals surface area contributed by atoms with Gasteiger partial charge >= 0.3 is 0 Å². The van der Waals surface area contributed by atoms with Crippen molar-refractivity contribution in [1.29, 1.82) is 0 Å². The summed E-state index contributed by atoms with van der Waals surface area (Å²) in [5.41, 5.74) is 1.71. The van der Waals surface area contributed by atoms with E-state index in [1.807, 2.05) is 12.3 Å². The van der Waals surface area contributed by atoms with E-state index in [-0.39, 0.29) is 12.3 Å². The molecule has 0 atom stereocenters. The Morgan fingerprint density at radius 1 is 1.39 bits per heavy atom. The second-order valence-electron chi connectivity index (χ2n) is 3.77. The van der Waals surface area contributed by atoms with E-state index < -0.39 is 0 Å². The number of anilines is 1. The average Bonchev–Trinajstić information content (AvgIpc) is 2.69. The molecule has 0 saturated heterocycles. The summed E-state index contributed by atoms with van der Waals surface area (Å²) in [6, 6.07) is 5.15. The molecule has 0 saturated carbocycles. The summed E-state index contributed by atoms with van der Waals surface area (Å²) in [7, 11) is 0. The molecule has 1 aromatic carbocycles. The number of hydrogen-bond acceptors (Lipinski definition) is 3. The number of amides is 1. The second-order valence-corrected chi connectivity index (χ2v) is 5.44. The number of halogens is 2. The molecule has 0 aliphatic carbocycles. The summed E-state index contributed by atoms with van der Waals surface area (Å²) in [6.45, 7) is 1.88. The van der Waals surface area contributed by atoms with Crippen molar-refractivity contribution in [3.8, 4) is 0 Å². The molecule has 1 heterocycles. The van der Waals surface area contributed by atoms with Gasteiger partial charge in [-0.1, -0.05) is 29.3 Å². The van der Waals surface area contributed by atoms with E-state index in [1.165, 1.54) is 11.3 Å². The highest BCUT2D eigenvalue weighted by molar-refractivity contribution is 7.13. The highest BCUT2D eigenvalue weighted by Crippen LogP contribution is 2.23. The Balaban J connectivity index is 2.00. The lowest BCUT2D eigenvalue weighted by atomic mass is 10.1. The predicted octanol–water partition coefficient (Wildman–Crippen LogP) is 3.94. The fourth-order valence-electron chi connectivity index (χ4n) is 1.41. The highest BCUT2D eigenvalue weighted by atomic mass is 35.5. The molecule has 3 nitrogen and oxygen atoms in total. The van der Waals surface area contributed by atoms with Gasteiger partial charge in [-0.05, 0) is 24.6 Å². The smallest absolute Gasteiger partial charge is 0.230 e. The number of carbonyl (C=O) groups is 1. The minimum atomic E-state index is -0.122. The molecule has 18 heavy (non-hydrogen) atoms. The maximum Gasteiger partial charge on any atom is 0.230 e. The molecule has 0 fully saturated rings. The number of thiazole rings is 1.